The molecule has 0 aliphatic carbocycles. The lowest BCUT2D eigenvalue weighted by molar-refractivity contribution is 0.861. The molecule has 2 N–H and O–H groups in total. The third-order valence-electron chi connectivity index (χ3n) is 2.45. The first-order valence-electron chi connectivity index (χ1n) is 4.90. The van der Waals surface area contributed by atoms with E-state index in [4.69, 9.17) is 5.73 Å². The van der Waals surface area contributed by atoms with Crippen molar-refractivity contribution in [3.8, 4) is 0 Å². The van der Waals surface area contributed by atoms with Gasteiger partial charge in [0.1, 0.15) is 12.1 Å². The zero-order valence-electron chi connectivity index (χ0n) is 8.59. The smallest absolute Gasteiger partial charge is 0.127 e. The van der Waals surface area contributed by atoms with Crippen LogP contribution < -0.4 is 5.73 Å². The summed E-state index contributed by atoms with van der Waals surface area (Å²) in [5.74, 6) is 0.763. The molecule has 0 spiro atoms. The number of hydrogen-bond acceptors (Lipinski definition) is 3. The Morgan fingerprint density at radius 1 is 1.13 bits per heavy atom. The highest BCUT2D eigenvalue weighted by atomic mass is 14.9. The number of aromatic nitrogens is 2. The SMILES string of the molecule is C[C@H](c1ccccc1)c1cc(N)ncn1. The molecule has 0 aliphatic rings. The first kappa shape index (κ1) is 9.65. The van der Waals surface area contributed by atoms with Gasteiger partial charge < -0.3 is 5.73 Å². The minimum absolute atomic E-state index is 0.247. The number of rotatable bonds is 2. The molecule has 1 heterocycles. The summed E-state index contributed by atoms with van der Waals surface area (Å²) in [4.78, 5) is 8.11. The van der Waals surface area contributed by atoms with Crippen LogP contribution in [0.4, 0.5) is 5.82 Å². The summed E-state index contributed by atoms with van der Waals surface area (Å²) in [6.07, 6.45) is 1.50. The van der Waals surface area contributed by atoms with Crippen LogP contribution in [0.25, 0.3) is 0 Å². The molecule has 3 nitrogen and oxygen atoms in total. The predicted octanol–water partition coefficient (Wildman–Crippen LogP) is 2.21. The summed E-state index contributed by atoms with van der Waals surface area (Å²) >= 11 is 0. The second kappa shape index (κ2) is 4.09. The normalized spacial score (nSPS) is 12.3. The Morgan fingerprint density at radius 3 is 2.53 bits per heavy atom. The van der Waals surface area contributed by atoms with Crippen LogP contribution in [0.1, 0.15) is 24.1 Å². The molecule has 0 bridgehead atoms. The van der Waals surface area contributed by atoms with Crippen LogP contribution in [0.5, 0.6) is 0 Å². The number of benzene rings is 1. The monoisotopic (exact) mass is 199 g/mol. The summed E-state index contributed by atoms with van der Waals surface area (Å²) in [6.45, 7) is 2.11. The van der Waals surface area contributed by atoms with E-state index in [0.717, 1.165) is 5.69 Å². The molecule has 2 rings (SSSR count). The van der Waals surface area contributed by atoms with Crippen LogP contribution in [0.3, 0.4) is 0 Å². The summed E-state index contributed by atoms with van der Waals surface area (Å²) in [7, 11) is 0. The third kappa shape index (κ3) is 2.13. The molecule has 0 fully saturated rings. The van der Waals surface area contributed by atoms with Crippen LogP contribution in [0, 0.1) is 0 Å². The molecule has 1 aromatic carbocycles. The van der Waals surface area contributed by atoms with Crippen molar-refractivity contribution in [3.63, 3.8) is 0 Å². The molecule has 76 valence electrons. The minimum atomic E-state index is 0.247. The van der Waals surface area contributed by atoms with Gasteiger partial charge in [-0.3, -0.25) is 0 Å². The van der Waals surface area contributed by atoms with Crippen molar-refractivity contribution in [3.05, 3.63) is 54.0 Å². The second-order valence-corrected chi connectivity index (χ2v) is 3.50. The van der Waals surface area contributed by atoms with Crippen molar-refractivity contribution in [2.24, 2.45) is 0 Å². The van der Waals surface area contributed by atoms with E-state index in [1.54, 1.807) is 0 Å². The summed E-state index contributed by atoms with van der Waals surface area (Å²) < 4.78 is 0. The van der Waals surface area contributed by atoms with Gasteiger partial charge >= 0.3 is 0 Å². The lowest BCUT2D eigenvalue weighted by Crippen LogP contribution is -2.01. The van der Waals surface area contributed by atoms with Gasteiger partial charge in [-0.25, -0.2) is 9.97 Å². The number of nitrogens with two attached hydrogens (primary N) is 1. The molecule has 1 atom stereocenters. The Hall–Kier alpha value is -1.90. The van der Waals surface area contributed by atoms with Crippen LogP contribution in [-0.4, -0.2) is 9.97 Å². The maximum atomic E-state index is 5.62. The van der Waals surface area contributed by atoms with E-state index in [0.29, 0.717) is 5.82 Å². The van der Waals surface area contributed by atoms with E-state index in [2.05, 4.69) is 29.0 Å². The number of nitrogens with zero attached hydrogens (tertiary/aromatic N) is 2. The second-order valence-electron chi connectivity index (χ2n) is 3.50. The Morgan fingerprint density at radius 2 is 1.87 bits per heavy atom. The highest BCUT2D eigenvalue weighted by Gasteiger charge is 2.09. The Kier molecular flexibility index (Phi) is 2.63. The van der Waals surface area contributed by atoms with Crippen molar-refractivity contribution < 1.29 is 0 Å². The van der Waals surface area contributed by atoms with Gasteiger partial charge in [-0.2, -0.15) is 0 Å². The lowest BCUT2D eigenvalue weighted by atomic mass is 9.98. The zero-order chi connectivity index (χ0) is 10.7. The Balaban J connectivity index is 2.32. The molecular weight excluding hydrogens is 186 g/mol. The topological polar surface area (TPSA) is 51.8 Å². The standard InChI is InChI=1S/C12H13N3/c1-9(10-5-3-2-4-6-10)11-7-12(13)15-8-14-11/h2-9H,1H3,(H2,13,14,15)/t9-/m1/s1. The molecular formula is C12H13N3. The highest BCUT2D eigenvalue weighted by molar-refractivity contribution is 5.34. The molecule has 1 aromatic heterocycles. The van der Waals surface area contributed by atoms with Gasteiger partial charge in [0.05, 0.1) is 5.69 Å². The maximum Gasteiger partial charge on any atom is 0.127 e. The van der Waals surface area contributed by atoms with Crippen molar-refractivity contribution in [2.75, 3.05) is 5.73 Å². The van der Waals surface area contributed by atoms with Crippen LogP contribution in [-0.2, 0) is 0 Å². The third-order valence-corrected chi connectivity index (χ3v) is 2.45. The number of anilines is 1. The van der Waals surface area contributed by atoms with Gasteiger partial charge in [0.25, 0.3) is 0 Å². The Bertz CT molecular complexity index is 440. The lowest BCUT2D eigenvalue weighted by Gasteiger charge is -2.10. The van der Waals surface area contributed by atoms with E-state index in [1.165, 1.54) is 11.9 Å². The van der Waals surface area contributed by atoms with E-state index in [9.17, 15) is 0 Å². The molecule has 0 saturated heterocycles. The number of hydrogen-bond donors (Lipinski definition) is 1. The zero-order valence-corrected chi connectivity index (χ0v) is 8.59. The van der Waals surface area contributed by atoms with Crippen LogP contribution in [0.2, 0.25) is 0 Å². The molecule has 2 aromatic rings. The first-order valence-corrected chi connectivity index (χ1v) is 4.90. The van der Waals surface area contributed by atoms with Gasteiger partial charge in [0, 0.05) is 12.0 Å². The molecule has 0 amide bonds. The molecule has 3 heteroatoms. The molecule has 0 saturated carbocycles. The van der Waals surface area contributed by atoms with Crippen molar-refractivity contribution in [2.45, 2.75) is 12.8 Å². The molecule has 15 heavy (non-hydrogen) atoms. The highest BCUT2D eigenvalue weighted by Crippen LogP contribution is 2.22. The average molecular weight is 199 g/mol. The van der Waals surface area contributed by atoms with Crippen molar-refractivity contribution in [1.82, 2.24) is 9.97 Å². The van der Waals surface area contributed by atoms with Gasteiger partial charge in [0.2, 0.25) is 0 Å². The molecule has 0 unspecified atom stereocenters. The molecule has 0 aliphatic heterocycles. The fourth-order valence-electron chi connectivity index (χ4n) is 1.54. The molecule has 0 radical (unpaired) electrons. The van der Waals surface area contributed by atoms with E-state index >= 15 is 0 Å². The van der Waals surface area contributed by atoms with E-state index in [-0.39, 0.29) is 5.92 Å². The quantitative estimate of drug-likeness (QED) is 0.806. The van der Waals surface area contributed by atoms with Gasteiger partial charge in [0.15, 0.2) is 0 Å². The fraction of sp³-hybridized carbons (Fsp3) is 0.167. The average Bonchev–Trinajstić information content (AvgIpc) is 2.29. The van der Waals surface area contributed by atoms with Crippen LogP contribution in [0.15, 0.2) is 42.7 Å². The predicted molar refractivity (Wildman–Crippen MR) is 60.4 cm³/mol. The van der Waals surface area contributed by atoms with Crippen molar-refractivity contribution in [1.29, 1.82) is 0 Å². The van der Waals surface area contributed by atoms with E-state index in [1.807, 2.05) is 24.3 Å². The largest absolute Gasteiger partial charge is 0.384 e. The van der Waals surface area contributed by atoms with Crippen molar-refractivity contribution >= 4 is 5.82 Å². The minimum Gasteiger partial charge on any atom is -0.384 e. The number of nitrogen functional groups attached to an aromatic ring is 1. The fourth-order valence-corrected chi connectivity index (χ4v) is 1.54. The summed E-state index contributed by atoms with van der Waals surface area (Å²) in [6, 6.07) is 12.0. The maximum absolute atomic E-state index is 5.62. The van der Waals surface area contributed by atoms with Gasteiger partial charge in [-0.1, -0.05) is 37.3 Å². The summed E-state index contributed by atoms with van der Waals surface area (Å²) in [5.41, 5.74) is 7.81. The summed E-state index contributed by atoms with van der Waals surface area (Å²) in [5, 5.41) is 0. The van der Waals surface area contributed by atoms with Gasteiger partial charge in [-0.05, 0) is 5.56 Å². The Labute approximate surface area is 89.0 Å². The van der Waals surface area contributed by atoms with Crippen LogP contribution >= 0.6 is 0 Å². The van der Waals surface area contributed by atoms with Gasteiger partial charge in [-0.15, -0.1) is 0 Å². The first-order chi connectivity index (χ1) is 7.27. The van der Waals surface area contributed by atoms with E-state index < -0.39 is 0 Å².